The van der Waals surface area contributed by atoms with Crippen molar-refractivity contribution >= 4 is 11.6 Å². The van der Waals surface area contributed by atoms with Crippen LogP contribution in [0.25, 0.3) is 5.69 Å². The summed E-state index contributed by atoms with van der Waals surface area (Å²) < 4.78 is 28.4. The molecule has 1 heterocycles. The molecule has 0 aliphatic heterocycles. The number of nitrogens with one attached hydrogen (secondary N) is 1. The second-order valence-corrected chi connectivity index (χ2v) is 6.43. The predicted molar refractivity (Wildman–Crippen MR) is 94.6 cm³/mol. The van der Waals surface area contributed by atoms with E-state index in [0.717, 1.165) is 36.1 Å². The number of aryl methyl sites for hydroxylation is 1. The molecule has 132 valence electrons. The molecule has 0 spiro atoms. The Morgan fingerprint density at radius 3 is 2.58 bits per heavy atom. The van der Waals surface area contributed by atoms with E-state index in [1.165, 1.54) is 24.3 Å². The average molecular weight is 353 g/mol. The Hall–Kier alpha value is -3.02. The zero-order valence-electron chi connectivity index (χ0n) is 14.2. The van der Waals surface area contributed by atoms with Crippen molar-refractivity contribution in [1.29, 1.82) is 0 Å². The van der Waals surface area contributed by atoms with E-state index in [4.69, 9.17) is 0 Å². The third-order valence-electron chi connectivity index (χ3n) is 4.66. The van der Waals surface area contributed by atoms with E-state index in [0.29, 0.717) is 17.1 Å². The largest absolute Gasteiger partial charge is 0.320 e. The molecule has 6 heteroatoms. The summed E-state index contributed by atoms with van der Waals surface area (Å²) >= 11 is 0. The molecule has 4 nitrogen and oxygen atoms in total. The van der Waals surface area contributed by atoms with Crippen LogP contribution in [0, 0.1) is 18.6 Å². The van der Waals surface area contributed by atoms with Crippen molar-refractivity contribution < 1.29 is 13.6 Å². The average Bonchev–Trinajstić information content (AvgIpc) is 3.21. The van der Waals surface area contributed by atoms with Crippen molar-refractivity contribution in [3.05, 3.63) is 76.6 Å². The molecule has 0 saturated carbocycles. The number of fused-ring (bicyclic) bond motifs is 1. The Kier molecular flexibility index (Phi) is 4.03. The lowest BCUT2D eigenvalue weighted by Gasteiger charge is -2.08. The van der Waals surface area contributed by atoms with Crippen molar-refractivity contribution in [1.82, 2.24) is 9.78 Å². The number of rotatable bonds is 3. The van der Waals surface area contributed by atoms with E-state index in [2.05, 4.69) is 10.4 Å². The summed E-state index contributed by atoms with van der Waals surface area (Å²) in [4.78, 5) is 12.8. The van der Waals surface area contributed by atoms with Crippen LogP contribution in [0.5, 0.6) is 0 Å². The summed E-state index contributed by atoms with van der Waals surface area (Å²) in [5.41, 5.74) is 4.13. The topological polar surface area (TPSA) is 46.9 Å². The van der Waals surface area contributed by atoms with Crippen molar-refractivity contribution in [2.24, 2.45) is 0 Å². The molecule has 0 radical (unpaired) electrons. The molecule has 0 fully saturated rings. The van der Waals surface area contributed by atoms with Crippen LogP contribution in [0.3, 0.4) is 0 Å². The van der Waals surface area contributed by atoms with Crippen LogP contribution in [0.1, 0.15) is 33.7 Å². The molecule has 0 bridgehead atoms. The van der Waals surface area contributed by atoms with Crippen molar-refractivity contribution in [3.8, 4) is 5.69 Å². The minimum absolute atomic E-state index is 0.322. The van der Waals surface area contributed by atoms with Gasteiger partial charge in [-0.25, -0.2) is 13.5 Å². The quantitative estimate of drug-likeness (QED) is 0.767. The fourth-order valence-electron chi connectivity index (χ4n) is 3.33. The number of amides is 1. The molecular formula is C20H17F2N3O. The lowest BCUT2D eigenvalue weighted by Crippen LogP contribution is -2.15. The normalized spacial score (nSPS) is 12.9. The first-order valence-electron chi connectivity index (χ1n) is 8.47. The molecule has 1 aromatic heterocycles. The van der Waals surface area contributed by atoms with Crippen LogP contribution >= 0.6 is 0 Å². The summed E-state index contributed by atoms with van der Waals surface area (Å²) in [5, 5.41) is 7.22. The number of anilines is 1. The van der Waals surface area contributed by atoms with Crippen LogP contribution in [0.2, 0.25) is 0 Å². The summed E-state index contributed by atoms with van der Waals surface area (Å²) in [5.74, 6) is -1.09. The Bertz CT molecular complexity index is 993. The van der Waals surface area contributed by atoms with E-state index in [9.17, 15) is 13.6 Å². The van der Waals surface area contributed by atoms with Crippen molar-refractivity contribution in [2.45, 2.75) is 26.2 Å². The van der Waals surface area contributed by atoms with E-state index in [-0.39, 0.29) is 11.7 Å². The lowest BCUT2D eigenvalue weighted by atomic mass is 10.1. The Morgan fingerprint density at radius 1 is 1.08 bits per heavy atom. The molecule has 1 amide bonds. The van der Waals surface area contributed by atoms with Gasteiger partial charge in [-0.3, -0.25) is 4.79 Å². The van der Waals surface area contributed by atoms with Gasteiger partial charge < -0.3 is 5.32 Å². The smallest absolute Gasteiger partial charge is 0.276 e. The van der Waals surface area contributed by atoms with Crippen LogP contribution < -0.4 is 5.32 Å². The van der Waals surface area contributed by atoms with Crippen molar-refractivity contribution in [3.63, 3.8) is 0 Å². The summed E-state index contributed by atoms with van der Waals surface area (Å²) in [7, 11) is 0. The number of hydrogen-bond donors (Lipinski definition) is 1. The van der Waals surface area contributed by atoms with Gasteiger partial charge in [-0.05, 0) is 68.1 Å². The third kappa shape index (κ3) is 2.87. The van der Waals surface area contributed by atoms with Gasteiger partial charge in [0.15, 0.2) is 5.69 Å². The van der Waals surface area contributed by atoms with Gasteiger partial charge in [-0.1, -0.05) is 6.07 Å². The zero-order valence-corrected chi connectivity index (χ0v) is 14.2. The number of carbonyl (C=O) groups excluding carboxylic acids is 1. The summed E-state index contributed by atoms with van der Waals surface area (Å²) in [6.07, 6.45) is 2.51. The van der Waals surface area contributed by atoms with E-state index >= 15 is 0 Å². The van der Waals surface area contributed by atoms with Crippen LogP contribution in [-0.2, 0) is 12.8 Å². The zero-order chi connectivity index (χ0) is 18.3. The minimum atomic E-state index is -0.409. The predicted octanol–water partition coefficient (Wildman–Crippen LogP) is 4.20. The Balaban J connectivity index is 1.71. The first kappa shape index (κ1) is 16.4. The third-order valence-corrected chi connectivity index (χ3v) is 4.66. The van der Waals surface area contributed by atoms with Gasteiger partial charge in [0, 0.05) is 16.9 Å². The maximum absolute atomic E-state index is 13.5. The number of nitrogens with zero attached hydrogens (tertiary/aromatic N) is 2. The molecule has 4 rings (SSSR count). The van der Waals surface area contributed by atoms with E-state index < -0.39 is 5.82 Å². The number of hydrogen-bond acceptors (Lipinski definition) is 2. The van der Waals surface area contributed by atoms with Gasteiger partial charge in [0.1, 0.15) is 11.6 Å². The fourth-order valence-corrected chi connectivity index (χ4v) is 3.33. The second-order valence-electron chi connectivity index (χ2n) is 6.43. The highest BCUT2D eigenvalue weighted by molar-refractivity contribution is 6.04. The molecular weight excluding hydrogens is 336 g/mol. The maximum atomic E-state index is 13.5. The van der Waals surface area contributed by atoms with Gasteiger partial charge in [0.25, 0.3) is 5.91 Å². The van der Waals surface area contributed by atoms with Crippen LogP contribution in [0.4, 0.5) is 14.5 Å². The Labute approximate surface area is 149 Å². The lowest BCUT2D eigenvalue weighted by molar-refractivity contribution is 0.102. The molecule has 3 aromatic rings. The minimum Gasteiger partial charge on any atom is -0.320 e. The highest BCUT2D eigenvalue weighted by atomic mass is 19.1. The summed E-state index contributed by atoms with van der Waals surface area (Å²) in [6.45, 7) is 1.80. The van der Waals surface area contributed by atoms with Gasteiger partial charge in [0.05, 0.1) is 5.69 Å². The number of halogens is 2. The van der Waals surface area contributed by atoms with Gasteiger partial charge in [0.2, 0.25) is 0 Å². The highest BCUT2D eigenvalue weighted by Gasteiger charge is 2.27. The standard InChI is InChI=1S/C20H17F2N3O/c1-12-5-6-14(22)11-17(12)23-20(26)19-16-3-2-4-18(16)25(24-19)15-9-7-13(21)8-10-15/h5-11H,2-4H2,1H3,(H,23,26). The molecule has 0 saturated heterocycles. The molecule has 1 aliphatic carbocycles. The van der Waals surface area contributed by atoms with Gasteiger partial charge >= 0.3 is 0 Å². The van der Waals surface area contributed by atoms with Gasteiger partial charge in [-0.15, -0.1) is 0 Å². The second kappa shape index (κ2) is 6.37. The molecule has 0 atom stereocenters. The first-order chi connectivity index (χ1) is 12.5. The number of benzene rings is 2. The molecule has 26 heavy (non-hydrogen) atoms. The number of aromatic nitrogens is 2. The SMILES string of the molecule is Cc1ccc(F)cc1NC(=O)c1nn(-c2ccc(F)cc2)c2c1CCC2. The summed E-state index contributed by atoms with van der Waals surface area (Å²) in [6, 6.07) is 10.3. The first-order valence-corrected chi connectivity index (χ1v) is 8.47. The fraction of sp³-hybridized carbons (Fsp3) is 0.200. The Morgan fingerprint density at radius 2 is 1.81 bits per heavy atom. The number of carbonyl (C=O) groups is 1. The molecule has 1 N–H and O–H groups in total. The molecule has 0 unspecified atom stereocenters. The van der Waals surface area contributed by atoms with Crippen LogP contribution in [-0.4, -0.2) is 15.7 Å². The molecule has 2 aromatic carbocycles. The highest BCUT2D eigenvalue weighted by Crippen LogP contribution is 2.28. The van der Waals surface area contributed by atoms with Gasteiger partial charge in [-0.2, -0.15) is 5.10 Å². The molecule has 1 aliphatic rings. The monoisotopic (exact) mass is 353 g/mol. The van der Waals surface area contributed by atoms with Crippen LogP contribution in [0.15, 0.2) is 42.5 Å². The van der Waals surface area contributed by atoms with Crippen molar-refractivity contribution in [2.75, 3.05) is 5.32 Å². The van der Waals surface area contributed by atoms with E-state index in [1.807, 2.05) is 0 Å². The maximum Gasteiger partial charge on any atom is 0.276 e. The van der Waals surface area contributed by atoms with E-state index in [1.54, 1.807) is 29.8 Å².